The van der Waals surface area contributed by atoms with Crippen molar-refractivity contribution in [2.24, 2.45) is 0 Å². The number of nitro benzene ring substituents is 1. The fourth-order valence-electron chi connectivity index (χ4n) is 2.09. The van der Waals surface area contributed by atoms with Crippen LogP contribution in [0.4, 0.5) is 18.9 Å². The van der Waals surface area contributed by atoms with Gasteiger partial charge in [-0.25, -0.2) is 0 Å². The molecule has 0 bridgehead atoms. The molecule has 0 heterocycles. The minimum Gasteiger partial charge on any atom is -0.406 e. The van der Waals surface area contributed by atoms with Crippen molar-refractivity contribution in [2.75, 3.05) is 0 Å². The monoisotopic (exact) mass is 354 g/mol. The molecule has 1 N–H and O–H groups in total. The van der Waals surface area contributed by atoms with Gasteiger partial charge in [-0.15, -0.1) is 13.2 Å². The topological polar surface area (TPSA) is 81.5 Å². The maximum absolute atomic E-state index is 12.1. The summed E-state index contributed by atoms with van der Waals surface area (Å²) < 4.78 is 40.0. The molecule has 2 aromatic carbocycles. The highest BCUT2D eigenvalue weighted by Gasteiger charge is 2.30. The molecule has 2 rings (SSSR count). The number of halogens is 3. The molecule has 0 aliphatic heterocycles. The number of ether oxygens (including phenoxy) is 1. The maximum Gasteiger partial charge on any atom is 0.573 e. The van der Waals surface area contributed by atoms with Gasteiger partial charge in [0, 0.05) is 23.7 Å². The number of alkyl halides is 3. The quantitative estimate of drug-likeness (QED) is 0.655. The van der Waals surface area contributed by atoms with Gasteiger partial charge < -0.3 is 10.1 Å². The summed E-state index contributed by atoms with van der Waals surface area (Å²) in [4.78, 5) is 22.3. The Labute approximate surface area is 140 Å². The molecule has 132 valence electrons. The average molecular weight is 354 g/mol. The van der Waals surface area contributed by atoms with Crippen LogP contribution in [0.25, 0.3) is 0 Å². The van der Waals surface area contributed by atoms with Crippen molar-refractivity contribution in [1.29, 1.82) is 0 Å². The maximum atomic E-state index is 12.1. The zero-order chi connectivity index (χ0) is 18.6. The molecule has 0 aliphatic carbocycles. The normalized spacial score (nSPS) is 11.0. The standard InChI is InChI=1S/C16H13F3N2O4/c1-10-8-12(4-7-14(10)21(23)24)15(22)20-9-11-2-5-13(6-3-11)25-16(17,18)19/h2-8H,9H2,1H3,(H,20,22). The number of nitro groups is 1. The third-order valence-corrected chi connectivity index (χ3v) is 3.27. The molecular weight excluding hydrogens is 341 g/mol. The Balaban J connectivity index is 1.98. The van der Waals surface area contributed by atoms with E-state index in [4.69, 9.17) is 0 Å². The summed E-state index contributed by atoms with van der Waals surface area (Å²) in [6.45, 7) is 1.61. The Morgan fingerprint density at radius 3 is 2.36 bits per heavy atom. The lowest BCUT2D eigenvalue weighted by atomic mass is 10.1. The molecule has 0 spiro atoms. The first-order valence-electron chi connectivity index (χ1n) is 7.03. The van der Waals surface area contributed by atoms with Crippen LogP contribution in [-0.2, 0) is 6.54 Å². The van der Waals surface area contributed by atoms with E-state index in [0.717, 1.165) is 12.1 Å². The third kappa shape index (κ3) is 5.20. The minimum atomic E-state index is -4.76. The number of benzene rings is 2. The molecule has 25 heavy (non-hydrogen) atoms. The van der Waals surface area contributed by atoms with Crippen molar-refractivity contribution in [3.8, 4) is 5.75 Å². The van der Waals surface area contributed by atoms with Crippen LogP contribution in [0, 0.1) is 17.0 Å². The van der Waals surface area contributed by atoms with Crippen LogP contribution >= 0.6 is 0 Å². The van der Waals surface area contributed by atoms with Gasteiger partial charge in [0.1, 0.15) is 5.75 Å². The summed E-state index contributed by atoms with van der Waals surface area (Å²) in [6.07, 6.45) is -4.76. The molecule has 0 saturated carbocycles. The molecule has 0 unspecified atom stereocenters. The highest BCUT2D eigenvalue weighted by Crippen LogP contribution is 2.23. The van der Waals surface area contributed by atoms with Crippen LogP contribution in [0.1, 0.15) is 21.5 Å². The van der Waals surface area contributed by atoms with E-state index in [-0.39, 0.29) is 23.5 Å². The second-order valence-corrected chi connectivity index (χ2v) is 5.13. The van der Waals surface area contributed by atoms with E-state index in [1.165, 1.54) is 37.3 Å². The van der Waals surface area contributed by atoms with Crippen LogP contribution in [0.5, 0.6) is 5.75 Å². The molecule has 2 aromatic rings. The zero-order valence-electron chi connectivity index (χ0n) is 13.0. The molecule has 0 aliphatic rings. The van der Waals surface area contributed by atoms with Crippen molar-refractivity contribution in [3.05, 3.63) is 69.3 Å². The Morgan fingerprint density at radius 1 is 1.20 bits per heavy atom. The first-order valence-corrected chi connectivity index (χ1v) is 7.03. The van der Waals surface area contributed by atoms with Gasteiger partial charge in [-0.3, -0.25) is 14.9 Å². The fraction of sp³-hybridized carbons (Fsp3) is 0.188. The number of rotatable bonds is 5. The lowest BCUT2D eigenvalue weighted by Gasteiger charge is -2.10. The highest BCUT2D eigenvalue weighted by atomic mass is 19.4. The summed E-state index contributed by atoms with van der Waals surface area (Å²) in [5, 5.41) is 13.3. The van der Waals surface area contributed by atoms with E-state index in [1.54, 1.807) is 0 Å². The number of nitrogens with zero attached hydrogens (tertiary/aromatic N) is 1. The molecule has 0 saturated heterocycles. The molecule has 0 aromatic heterocycles. The Hall–Kier alpha value is -3.10. The van der Waals surface area contributed by atoms with Crippen LogP contribution < -0.4 is 10.1 Å². The summed E-state index contributed by atoms with van der Waals surface area (Å²) in [5.41, 5.74) is 1.09. The van der Waals surface area contributed by atoms with E-state index < -0.39 is 17.2 Å². The first-order chi connectivity index (χ1) is 11.7. The highest BCUT2D eigenvalue weighted by molar-refractivity contribution is 5.94. The molecular formula is C16H13F3N2O4. The average Bonchev–Trinajstić information content (AvgIpc) is 2.52. The van der Waals surface area contributed by atoms with Gasteiger partial charge in [0.25, 0.3) is 11.6 Å². The lowest BCUT2D eigenvalue weighted by molar-refractivity contribution is -0.385. The number of nitrogens with one attached hydrogen (secondary N) is 1. The molecule has 0 fully saturated rings. The smallest absolute Gasteiger partial charge is 0.406 e. The Morgan fingerprint density at radius 2 is 1.84 bits per heavy atom. The van der Waals surface area contributed by atoms with Crippen molar-refractivity contribution in [3.63, 3.8) is 0 Å². The van der Waals surface area contributed by atoms with Gasteiger partial charge in [-0.2, -0.15) is 0 Å². The fourth-order valence-corrected chi connectivity index (χ4v) is 2.09. The van der Waals surface area contributed by atoms with Gasteiger partial charge in [0.2, 0.25) is 0 Å². The largest absolute Gasteiger partial charge is 0.573 e. The number of amides is 1. The number of hydrogen-bond acceptors (Lipinski definition) is 4. The van der Waals surface area contributed by atoms with Crippen molar-refractivity contribution < 1.29 is 27.6 Å². The van der Waals surface area contributed by atoms with Gasteiger partial charge >= 0.3 is 6.36 Å². The van der Waals surface area contributed by atoms with Gasteiger partial charge in [-0.05, 0) is 36.8 Å². The van der Waals surface area contributed by atoms with Crippen LogP contribution in [0.15, 0.2) is 42.5 Å². The molecule has 0 radical (unpaired) electrons. The molecule has 1 amide bonds. The second-order valence-electron chi connectivity index (χ2n) is 5.13. The first kappa shape index (κ1) is 18.2. The second kappa shape index (κ2) is 7.20. The molecule has 6 nitrogen and oxygen atoms in total. The number of aryl methyl sites for hydroxylation is 1. The van der Waals surface area contributed by atoms with E-state index in [9.17, 15) is 28.1 Å². The van der Waals surface area contributed by atoms with Gasteiger partial charge in [0.05, 0.1) is 4.92 Å². The summed E-state index contributed by atoms with van der Waals surface area (Å²) in [7, 11) is 0. The Kier molecular flexibility index (Phi) is 5.26. The predicted molar refractivity (Wildman–Crippen MR) is 82.1 cm³/mol. The predicted octanol–water partition coefficient (Wildman–Crippen LogP) is 3.73. The van der Waals surface area contributed by atoms with Gasteiger partial charge in [0.15, 0.2) is 0 Å². The summed E-state index contributed by atoms with van der Waals surface area (Å²) in [5.74, 6) is -0.804. The minimum absolute atomic E-state index is 0.0845. The van der Waals surface area contributed by atoms with E-state index in [2.05, 4.69) is 10.1 Å². The van der Waals surface area contributed by atoms with Crippen molar-refractivity contribution in [1.82, 2.24) is 5.32 Å². The van der Waals surface area contributed by atoms with E-state index >= 15 is 0 Å². The van der Waals surface area contributed by atoms with E-state index in [1.807, 2.05) is 0 Å². The van der Waals surface area contributed by atoms with E-state index in [0.29, 0.717) is 11.1 Å². The third-order valence-electron chi connectivity index (χ3n) is 3.27. The molecule has 9 heteroatoms. The number of carbonyl (C=O) groups excluding carboxylic acids is 1. The van der Waals surface area contributed by atoms with Crippen molar-refractivity contribution >= 4 is 11.6 Å². The number of carbonyl (C=O) groups is 1. The van der Waals surface area contributed by atoms with Crippen LogP contribution in [-0.4, -0.2) is 17.2 Å². The summed E-state index contributed by atoms with van der Waals surface area (Å²) >= 11 is 0. The van der Waals surface area contributed by atoms with Gasteiger partial charge in [-0.1, -0.05) is 12.1 Å². The zero-order valence-corrected chi connectivity index (χ0v) is 13.0. The SMILES string of the molecule is Cc1cc(C(=O)NCc2ccc(OC(F)(F)F)cc2)ccc1[N+](=O)[O-]. The van der Waals surface area contributed by atoms with Crippen LogP contribution in [0.2, 0.25) is 0 Å². The van der Waals surface area contributed by atoms with Crippen LogP contribution in [0.3, 0.4) is 0 Å². The lowest BCUT2D eigenvalue weighted by Crippen LogP contribution is -2.23. The summed E-state index contributed by atoms with van der Waals surface area (Å²) in [6, 6.07) is 9.04. The number of hydrogen-bond donors (Lipinski definition) is 1. The van der Waals surface area contributed by atoms with Crippen molar-refractivity contribution in [2.45, 2.75) is 19.8 Å². The Bertz CT molecular complexity index is 789. The molecule has 0 atom stereocenters.